The normalized spacial score (nSPS) is 17.0. The van der Waals surface area contributed by atoms with E-state index in [9.17, 15) is 19.8 Å². The van der Waals surface area contributed by atoms with Crippen LogP contribution in [0.5, 0.6) is 5.75 Å². The molecule has 2 N–H and O–H groups in total. The molecule has 7 heteroatoms. The van der Waals surface area contributed by atoms with Gasteiger partial charge in [0.1, 0.15) is 5.75 Å². The van der Waals surface area contributed by atoms with Crippen LogP contribution in [0.4, 0.5) is 0 Å². The number of benzene rings is 1. The predicted octanol–water partition coefficient (Wildman–Crippen LogP) is 4.29. The Balaban J connectivity index is 1.80. The second-order valence-electron chi connectivity index (χ2n) is 6.08. The third kappa shape index (κ3) is 3.15. The smallest absolute Gasteiger partial charge is 0.290 e. The maximum Gasteiger partial charge on any atom is 0.290 e. The SMILES string of the molecule is O=C(C1=C(O)C(=O)N(Cc2cccs2)C1c1ccc(O)cc1)c1cccs1. The number of phenolic OH excluding ortho intramolecular Hbond substituents is 1. The third-order valence-electron chi connectivity index (χ3n) is 4.41. The number of nitrogens with zero attached hydrogens (tertiary/aromatic N) is 1. The average molecular weight is 397 g/mol. The van der Waals surface area contributed by atoms with E-state index in [0.29, 0.717) is 10.4 Å². The van der Waals surface area contributed by atoms with E-state index in [1.807, 2.05) is 17.5 Å². The molecule has 136 valence electrons. The molecule has 5 nitrogen and oxygen atoms in total. The van der Waals surface area contributed by atoms with Crippen molar-refractivity contribution in [2.45, 2.75) is 12.6 Å². The van der Waals surface area contributed by atoms with E-state index in [1.165, 1.54) is 39.7 Å². The minimum atomic E-state index is -0.713. The van der Waals surface area contributed by atoms with Crippen LogP contribution < -0.4 is 0 Å². The van der Waals surface area contributed by atoms with E-state index in [1.54, 1.807) is 29.6 Å². The molecular formula is C20H15NO4S2. The summed E-state index contributed by atoms with van der Waals surface area (Å²) in [6, 6.07) is 12.8. The quantitative estimate of drug-likeness (QED) is 0.630. The Labute approximate surface area is 163 Å². The van der Waals surface area contributed by atoms with Gasteiger partial charge in [0.2, 0.25) is 5.78 Å². The Morgan fingerprint density at radius 2 is 1.70 bits per heavy atom. The van der Waals surface area contributed by atoms with E-state index in [0.717, 1.165) is 4.88 Å². The number of ketones is 1. The zero-order valence-corrected chi connectivity index (χ0v) is 15.7. The molecule has 0 fully saturated rings. The molecule has 1 atom stereocenters. The van der Waals surface area contributed by atoms with Gasteiger partial charge in [-0.05, 0) is 40.6 Å². The van der Waals surface area contributed by atoms with E-state index in [2.05, 4.69) is 0 Å². The summed E-state index contributed by atoms with van der Waals surface area (Å²) in [7, 11) is 0. The Bertz CT molecular complexity index is 1000. The molecule has 3 heterocycles. The number of aliphatic hydroxyl groups excluding tert-OH is 1. The third-order valence-corrected chi connectivity index (χ3v) is 6.14. The molecule has 1 aliphatic rings. The fourth-order valence-electron chi connectivity index (χ4n) is 3.16. The van der Waals surface area contributed by atoms with Gasteiger partial charge in [0.25, 0.3) is 5.91 Å². The van der Waals surface area contributed by atoms with Gasteiger partial charge < -0.3 is 15.1 Å². The lowest BCUT2D eigenvalue weighted by Crippen LogP contribution is -2.30. The van der Waals surface area contributed by atoms with E-state index in [4.69, 9.17) is 0 Å². The van der Waals surface area contributed by atoms with Crippen LogP contribution in [0.1, 0.15) is 26.2 Å². The first kappa shape index (κ1) is 17.5. The number of Topliss-reactive ketones (excluding diaryl/α,β-unsaturated/α-hetero) is 1. The zero-order chi connectivity index (χ0) is 19.0. The van der Waals surface area contributed by atoms with Crippen molar-refractivity contribution in [3.05, 3.63) is 85.9 Å². The number of rotatable bonds is 5. The second kappa shape index (κ2) is 7.02. The number of hydrogen-bond donors (Lipinski definition) is 2. The molecule has 0 spiro atoms. The van der Waals surface area contributed by atoms with Gasteiger partial charge in [-0.3, -0.25) is 9.59 Å². The van der Waals surface area contributed by atoms with Crippen LogP contribution in [0.3, 0.4) is 0 Å². The molecule has 0 saturated heterocycles. The average Bonchev–Trinajstić information content (AvgIpc) is 3.41. The molecule has 2 aromatic heterocycles. The lowest BCUT2D eigenvalue weighted by atomic mass is 9.95. The first-order valence-corrected chi connectivity index (χ1v) is 9.96. The summed E-state index contributed by atoms with van der Waals surface area (Å²) in [6.07, 6.45) is 0. The van der Waals surface area contributed by atoms with Gasteiger partial charge in [0.05, 0.1) is 23.0 Å². The molecule has 3 aromatic rings. The van der Waals surface area contributed by atoms with Crippen LogP contribution in [0.2, 0.25) is 0 Å². The summed E-state index contributed by atoms with van der Waals surface area (Å²) < 4.78 is 0. The number of aliphatic hydroxyl groups is 1. The van der Waals surface area contributed by atoms with Crippen LogP contribution in [0, 0.1) is 0 Å². The van der Waals surface area contributed by atoms with Crippen molar-refractivity contribution in [3.63, 3.8) is 0 Å². The number of carbonyl (C=O) groups excluding carboxylic acids is 2. The number of amides is 1. The van der Waals surface area contributed by atoms with Crippen molar-refractivity contribution in [2.24, 2.45) is 0 Å². The summed E-state index contributed by atoms with van der Waals surface area (Å²) in [4.78, 5) is 28.7. The summed E-state index contributed by atoms with van der Waals surface area (Å²) in [6.45, 7) is 0.285. The van der Waals surface area contributed by atoms with E-state index < -0.39 is 17.7 Å². The topological polar surface area (TPSA) is 77.8 Å². The van der Waals surface area contributed by atoms with Crippen molar-refractivity contribution >= 4 is 34.4 Å². The van der Waals surface area contributed by atoms with Crippen molar-refractivity contribution in [2.75, 3.05) is 0 Å². The van der Waals surface area contributed by atoms with E-state index in [-0.39, 0.29) is 23.7 Å². The highest BCUT2D eigenvalue weighted by atomic mass is 32.1. The molecule has 1 aromatic carbocycles. The summed E-state index contributed by atoms with van der Waals surface area (Å²) in [5.74, 6) is -1.35. The molecular weight excluding hydrogens is 382 g/mol. The minimum absolute atomic E-state index is 0.0738. The monoisotopic (exact) mass is 397 g/mol. The molecule has 1 aliphatic heterocycles. The maximum absolute atomic E-state index is 13.0. The Hall–Kier alpha value is -2.90. The Morgan fingerprint density at radius 1 is 1.00 bits per heavy atom. The number of aromatic hydroxyl groups is 1. The van der Waals surface area contributed by atoms with Gasteiger partial charge in [0, 0.05) is 4.88 Å². The fourth-order valence-corrected chi connectivity index (χ4v) is 4.54. The highest BCUT2D eigenvalue weighted by Gasteiger charge is 2.44. The van der Waals surface area contributed by atoms with Gasteiger partial charge >= 0.3 is 0 Å². The molecule has 0 bridgehead atoms. The highest BCUT2D eigenvalue weighted by molar-refractivity contribution is 7.12. The summed E-state index contributed by atoms with van der Waals surface area (Å²) >= 11 is 2.77. The lowest BCUT2D eigenvalue weighted by Gasteiger charge is -2.26. The second-order valence-corrected chi connectivity index (χ2v) is 8.06. The number of phenols is 1. The highest BCUT2D eigenvalue weighted by Crippen LogP contribution is 2.41. The van der Waals surface area contributed by atoms with Crippen molar-refractivity contribution < 1.29 is 19.8 Å². The van der Waals surface area contributed by atoms with Gasteiger partial charge in [-0.1, -0.05) is 24.3 Å². The van der Waals surface area contributed by atoms with E-state index >= 15 is 0 Å². The van der Waals surface area contributed by atoms with Crippen molar-refractivity contribution in [1.82, 2.24) is 4.90 Å². The Kier molecular flexibility index (Phi) is 4.55. The van der Waals surface area contributed by atoms with Crippen molar-refractivity contribution in [1.29, 1.82) is 0 Å². The first-order chi connectivity index (χ1) is 13.1. The predicted molar refractivity (Wildman–Crippen MR) is 104 cm³/mol. The number of thiophene rings is 2. The van der Waals surface area contributed by atoms with Gasteiger partial charge in [0.15, 0.2) is 5.76 Å². The summed E-state index contributed by atoms with van der Waals surface area (Å²) in [5.41, 5.74) is 0.728. The summed E-state index contributed by atoms with van der Waals surface area (Å²) in [5, 5.41) is 23.8. The largest absolute Gasteiger partial charge is 0.508 e. The number of hydrogen-bond acceptors (Lipinski definition) is 6. The molecule has 0 radical (unpaired) electrons. The fraction of sp³-hybridized carbons (Fsp3) is 0.100. The van der Waals surface area contributed by atoms with Gasteiger partial charge in [-0.25, -0.2) is 0 Å². The van der Waals surface area contributed by atoms with Crippen LogP contribution in [-0.4, -0.2) is 26.8 Å². The van der Waals surface area contributed by atoms with Crippen LogP contribution >= 0.6 is 22.7 Å². The molecule has 27 heavy (non-hydrogen) atoms. The zero-order valence-electron chi connectivity index (χ0n) is 14.0. The van der Waals surface area contributed by atoms with Crippen LogP contribution in [0.25, 0.3) is 0 Å². The standard InChI is InChI=1S/C20H15NO4S2/c22-13-7-5-12(6-8-13)17-16(18(23)15-4-2-10-27-15)19(24)20(25)21(17)11-14-3-1-9-26-14/h1-10,17,22,24H,11H2. The van der Waals surface area contributed by atoms with Gasteiger partial charge in [-0.2, -0.15) is 0 Å². The maximum atomic E-state index is 13.0. The van der Waals surface area contributed by atoms with Crippen LogP contribution in [0.15, 0.2) is 70.6 Å². The first-order valence-electron chi connectivity index (χ1n) is 8.20. The molecule has 0 saturated carbocycles. The minimum Gasteiger partial charge on any atom is -0.508 e. The van der Waals surface area contributed by atoms with Gasteiger partial charge in [-0.15, -0.1) is 22.7 Å². The molecule has 1 amide bonds. The lowest BCUT2D eigenvalue weighted by molar-refractivity contribution is -0.130. The molecule has 1 unspecified atom stereocenters. The molecule has 0 aliphatic carbocycles. The van der Waals surface area contributed by atoms with Crippen molar-refractivity contribution in [3.8, 4) is 5.75 Å². The number of carbonyl (C=O) groups is 2. The Morgan fingerprint density at radius 3 is 2.33 bits per heavy atom. The van der Waals surface area contributed by atoms with Crippen LogP contribution in [-0.2, 0) is 11.3 Å². The molecule has 4 rings (SSSR count).